The molecule has 2 rings (SSSR count). The molecule has 0 N–H and O–H groups in total. The van der Waals surface area contributed by atoms with Crippen molar-refractivity contribution < 1.29 is 0 Å². The zero-order valence-corrected chi connectivity index (χ0v) is 9.39. The van der Waals surface area contributed by atoms with E-state index < -0.39 is 0 Å². The average Bonchev–Trinajstić information content (AvgIpc) is 2.60. The summed E-state index contributed by atoms with van der Waals surface area (Å²) in [6.07, 6.45) is 15.8. The van der Waals surface area contributed by atoms with Crippen LogP contribution < -0.4 is 0 Å². The van der Waals surface area contributed by atoms with Gasteiger partial charge in [-0.1, -0.05) is 49.5 Å². The minimum atomic E-state index is 1.01. The van der Waals surface area contributed by atoms with Gasteiger partial charge in [0.15, 0.2) is 0 Å². The second-order valence-corrected chi connectivity index (χ2v) is 4.86. The number of hydrogen-bond donors (Lipinski definition) is 0. The molecule has 0 bridgehead atoms. The molecule has 0 unspecified atom stereocenters. The Morgan fingerprint density at radius 3 is 2.29 bits per heavy atom. The molecule has 0 heteroatoms. The van der Waals surface area contributed by atoms with Crippen LogP contribution in [0.4, 0.5) is 0 Å². The van der Waals surface area contributed by atoms with Crippen LogP contribution in [-0.4, -0.2) is 0 Å². The van der Waals surface area contributed by atoms with Crippen LogP contribution in [0.2, 0.25) is 0 Å². The molecule has 14 heavy (non-hydrogen) atoms. The van der Waals surface area contributed by atoms with Crippen molar-refractivity contribution in [1.29, 1.82) is 0 Å². The Morgan fingerprint density at radius 1 is 1.07 bits per heavy atom. The van der Waals surface area contributed by atoms with Gasteiger partial charge in [0.2, 0.25) is 0 Å². The Kier molecular flexibility index (Phi) is 3.44. The van der Waals surface area contributed by atoms with Gasteiger partial charge < -0.3 is 0 Å². The summed E-state index contributed by atoms with van der Waals surface area (Å²) in [7, 11) is 0. The molecule has 0 saturated carbocycles. The number of allylic oxidation sites excluding steroid dienone is 4. The van der Waals surface area contributed by atoms with Gasteiger partial charge in [-0.3, -0.25) is 0 Å². The Bertz CT molecular complexity index is 225. The molecule has 0 aromatic rings. The third-order valence-electron chi connectivity index (χ3n) is 3.68. The monoisotopic (exact) mass is 190 g/mol. The fraction of sp³-hybridized carbons (Fsp3) is 0.714. The number of rotatable bonds is 4. The molecule has 0 amide bonds. The molecule has 0 aliphatic heterocycles. The van der Waals surface area contributed by atoms with Crippen molar-refractivity contribution in [3.63, 3.8) is 0 Å². The fourth-order valence-corrected chi connectivity index (χ4v) is 2.85. The van der Waals surface area contributed by atoms with Crippen molar-refractivity contribution in [2.75, 3.05) is 0 Å². The Hall–Kier alpha value is -0.520. The minimum Gasteiger partial charge on any atom is -0.0841 e. The average molecular weight is 190 g/mol. The van der Waals surface area contributed by atoms with Gasteiger partial charge in [0, 0.05) is 0 Å². The first-order chi connectivity index (χ1) is 6.90. The van der Waals surface area contributed by atoms with Crippen LogP contribution >= 0.6 is 0 Å². The largest absolute Gasteiger partial charge is 0.0841 e. The van der Waals surface area contributed by atoms with E-state index in [4.69, 9.17) is 0 Å². The molecule has 0 radical (unpaired) electrons. The van der Waals surface area contributed by atoms with Gasteiger partial charge in [-0.15, -0.1) is 0 Å². The maximum Gasteiger partial charge on any atom is -0.0136 e. The highest BCUT2D eigenvalue weighted by atomic mass is 14.3. The van der Waals surface area contributed by atoms with Crippen LogP contribution in [0.15, 0.2) is 23.3 Å². The van der Waals surface area contributed by atoms with E-state index in [1.807, 2.05) is 0 Å². The molecule has 0 heterocycles. The van der Waals surface area contributed by atoms with Crippen molar-refractivity contribution >= 4 is 0 Å². The summed E-state index contributed by atoms with van der Waals surface area (Å²) < 4.78 is 0. The van der Waals surface area contributed by atoms with Crippen LogP contribution in [0.5, 0.6) is 0 Å². The smallest absolute Gasteiger partial charge is 0.0136 e. The molecule has 0 saturated heterocycles. The summed E-state index contributed by atoms with van der Waals surface area (Å²) in [6.45, 7) is 2.29. The van der Waals surface area contributed by atoms with Gasteiger partial charge in [-0.25, -0.2) is 0 Å². The zero-order chi connectivity index (χ0) is 9.80. The zero-order valence-electron chi connectivity index (χ0n) is 9.39. The van der Waals surface area contributed by atoms with Crippen LogP contribution in [-0.2, 0) is 0 Å². The lowest BCUT2D eigenvalue weighted by Crippen LogP contribution is -1.94. The van der Waals surface area contributed by atoms with E-state index in [2.05, 4.69) is 19.1 Å². The maximum atomic E-state index is 2.35. The van der Waals surface area contributed by atoms with Crippen molar-refractivity contribution in [2.45, 2.75) is 58.3 Å². The molecule has 2 aliphatic carbocycles. The van der Waals surface area contributed by atoms with Crippen molar-refractivity contribution in [2.24, 2.45) is 5.92 Å². The molecule has 2 aliphatic rings. The van der Waals surface area contributed by atoms with Gasteiger partial charge in [0.25, 0.3) is 0 Å². The standard InChI is InChI=1S/C14H22/c1-2-3-4-7-12-10-13-8-5-6-9-14(13)11-12/h5-6,12H,2-4,7-11H2,1H3. The summed E-state index contributed by atoms with van der Waals surface area (Å²) in [5.74, 6) is 1.01. The van der Waals surface area contributed by atoms with Crippen LogP contribution in [0.25, 0.3) is 0 Å². The van der Waals surface area contributed by atoms with Gasteiger partial charge in [-0.05, 0) is 38.0 Å². The lowest BCUT2D eigenvalue weighted by molar-refractivity contribution is 0.475. The van der Waals surface area contributed by atoms with E-state index in [9.17, 15) is 0 Å². The molecule has 0 atom stereocenters. The summed E-state index contributed by atoms with van der Waals surface area (Å²) in [5, 5.41) is 0. The topological polar surface area (TPSA) is 0 Å². The highest BCUT2D eigenvalue weighted by Gasteiger charge is 2.23. The highest BCUT2D eigenvalue weighted by Crippen LogP contribution is 2.39. The van der Waals surface area contributed by atoms with E-state index in [1.54, 1.807) is 11.1 Å². The van der Waals surface area contributed by atoms with E-state index in [-0.39, 0.29) is 0 Å². The van der Waals surface area contributed by atoms with E-state index >= 15 is 0 Å². The lowest BCUT2D eigenvalue weighted by Gasteiger charge is -2.08. The first kappa shape index (κ1) is 10.0. The predicted molar refractivity (Wildman–Crippen MR) is 62.3 cm³/mol. The van der Waals surface area contributed by atoms with Crippen molar-refractivity contribution in [3.8, 4) is 0 Å². The summed E-state index contributed by atoms with van der Waals surface area (Å²) in [6, 6.07) is 0. The Balaban J connectivity index is 1.75. The first-order valence-electron chi connectivity index (χ1n) is 6.25. The molecule has 0 nitrogen and oxygen atoms in total. The van der Waals surface area contributed by atoms with E-state index in [1.165, 1.54) is 51.4 Å². The van der Waals surface area contributed by atoms with Gasteiger partial charge >= 0.3 is 0 Å². The Morgan fingerprint density at radius 2 is 1.71 bits per heavy atom. The Labute approximate surface area is 88.1 Å². The van der Waals surface area contributed by atoms with E-state index in [0.717, 1.165) is 5.92 Å². The summed E-state index contributed by atoms with van der Waals surface area (Å²) >= 11 is 0. The lowest BCUT2D eigenvalue weighted by atomic mass is 9.97. The molecule has 0 aromatic heterocycles. The van der Waals surface area contributed by atoms with Crippen molar-refractivity contribution in [3.05, 3.63) is 23.3 Å². The third kappa shape index (κ3) is 2.29. The third-order valence-corrected chi connectivity index (χ3v) is 3.68. The van der Waals surface area contributed by atoms with Crippen LogP contribution in [0.1, 0.15) is 58.3 Å². The molecular formula is C14H22. The maximum absolute atomic E-state index is 2.35. The van der Waals surface area contributed by atoms with Gasteiger partial charge in [0.1, 0.15) is 0 Å². The van der Waals surface area contributed by atoms with Gasteiger partial charge in [0.05, 0.1) is 0 Å². The minimum absolute atomic E-state index is 1.01. The predicted octanol–water partition coefficient (Wildman–Crippen LogP) is 4.62. The number of unbranched alkanes of at least 4 members (excludes halogenated alkanes) is 2. The quantitative estimate of drug-likeness (QED) is 0.448. The van der Waals surface area contributed by atoms with Gasteiger partial charge in [-0.2, -0.15) is 0 Å². The molecule has 0 spiro atoms. The van der Waals surface area contributed by atoms with Crippen LogP contribution in [0, 0.1) is 5.92 Å². The molecule has 0 fully saturated rings. The second-order valence-electron chi connectivity index (χ2n) is 4.86. The first-order valence-corrected chi connectivity index (χ1v) is 6.25. The number of hydrogen-bond acceptors (Lipinski definition) is 0. The summed E-state index contributed by atoms with van der Waals surface area (Å²) in [5.41, 5.74) is 3.57. The molecular weight excluding hydrogens is 168 g/mol. The SMILES string of the molecule is CCCCCC1CC2=C(CC=CC2)C1. The van der Waals surface area contributed by atoms with Crippen LogP contribution in [0.3, 0.4) is 0 Å². The normalized spacial score (nSPS) is 21.8. The molecule has 0 aromatic carbocycles. The fourth-order valence-electron chi connectivity index (χ4n) is 2.85. The molecule has 78 valence electrons. The highest BCUT2D eigenvalue weighted by molar-refractivity contribution is 5.28. The second kappa shape index (κ2) is 4.82. The summed E-state index contributed by atoms with van der Waals surface area (Å²) in [4.78, 5) is 0. The van der Waals surface area contributed by atoms with E-state index in [0.29, 0.717) is 0 Å². The van der Waals surface area contributed by atoms with Crippen molar-refractivity contribution in [1.82, 2.24) is 0 Å².